The van der Waals surface area contributed by atoms with E-state index in [1.807, 2.05) is 35.7 Å². The number of benzene rings is 1. The van der Waals surface area contributed by atoms with Gasteiger partial charge in [0, 0.05) is 7.05 Å². The maximum atomic E-state index is 12.6. The molecule has 6 nitrogen and oxygen atoms in total. The van der Waals surface area contributed by atoms with Crippen molar-refractivity contribution in [3.8, 4) is 11.5 Å². The van der Waals surface area contributed by atoms with Gasteiger partial charge in [0.15, 0.2) is 0 Å². The smallest absolute Gasteiger partial charge is 0.264 e. The molecule has 1 fully saturated rings. The number of ether oxygens (including phenoxy) is 2. The zero-order valence-electron chi connectivity index (χ0n) is 17.6. The molecule has 1 saturated carbocycles. The Labute approximate surface area is 182 Å². The Balaban J connectivity index is 1.53. The molecule has 0 spiro atoms. The van der Waals surface area contributed by atoms with Gasteiger partial charge in [0.1, 0.15) is 17.6 Å². The standard InChI is InChI=1S/C23H30N2O4S/c1-3-14-28-17-10-12-18(13-11-17)29-20-8-5-4-7-19(20)24-22(26)16-25(2)23(27)21-9-6-15-30-21/h6,9-13,15,19-20H,3-5,7-8,14,16H2,1-2H3,(H,24,26)/t19-,20-/m1/s1. The van der Waals surface area contributed by atoms with Gasteiger partial charge in [0.25, 0.3) is 5.91 Å². The molecule has 7 heteroatoms. The molecule has 2 aromatic rings. The third-order valence-electron chi connectivity index (χ3n) is 5.09. The van der Waals surface area contributed by atoms with Crippen LogP contribution in [0.5, 0.6) is 11.5 Å². The fourth-order valence-corrected chi connectivity index (χ4v) is 4.26. The predicted octanol–water partition coefficient (Wildman–Crippen LogP) is 4.12. The van der Waals surface area contributed by atoms with Crippen molar-refractivity contribution in [2.45, 2.75) is 51.2 Å². The Kier molecular flexibility index (Phi) is 8.13. The molecule has 0 radical (unpaired) electrons. The van der Waals surface area contributed by atoms with Crippen LogP contribution in [0.15, 0.2) is 41.8 Å². The zero-order valence-corrected chi connectivity index (χ0v) is 18.5. The summed E-state index contributed by atoms with van der Waals surface area (Å²) in [6.07, 6.45) is 4.78. The van der Waals surface area contributed by atoms with Crippen molar-refractivity contribution >= 4 is 23.2 Å². The summed E-state index contributed by atoms with van der Waals surface area (Å²) in [4.78, 5) is 27.0. The Hall–Kier alpha value is -2.54. The highest BCUT2D eigenvalue weighted by Gasteiger charge is 2.29. The van der Waals surface area contributed by atoms with Crippen LogP contribution in [0.2, 0.25) is 0 Å². The topological polar surface area (TPSA) is 67.9 Å². The second-order valence-corrected chi connectivity index (χ2v) is 8.52. The van der Waals surface area contributed by atoms with Crippen LogP contribution in [0.3, 0.4) is 0 Å². The lowest BCUT2D eigenvalue weighted by Crippen LogP contribution is -2.50. The van der Waals surface area contributed by atoms with Crippen LogP contribution in [0.1, 0.15) is 48.7 Å². The van der Waals surface area contributed by atoms with Gasteiger partial charge in [-0.3, -0.25) is 9.59 Å². The minimum absolute atomic E-state index is 0.0312. The van der Waals surface area contributed by atoms with Gasteiger partial charge in [-0.25, -0.2) is 0 Å². The van der Waals surface area contributed by atoms with E-state index in [4.69, 9.17) is 9.47 Å². The Bertz CT molecular complexity index is 807. The molecular formula is C23H30N2O4S. The summed E-state index contributed by atoms with van der Waals surface area (Å²) in [5.74, 6) is 1.30. The molecule has 1 aliphatic carbocycles. The van der Waals surface area contributed by atoms with E-state index in [9.17, 15) is 9.59 Å². The summed E-state index contributed by atoms with van der Waals surface area (Å²) in [6, 6.07) is 11.2. The normalized spacial score (nSPS) is 18.5. The van der Waals surface area contributed by atoms with Crippen LogP contribution in [0.4, 0.5) is 0 Å². The lowest BCUT2D eigenvalue weighted by atomic mass is 9.92. The summed E-state index contributed by atoms with van der Waals surface area (Å²) in [6.45, 7) is 2.80. The molecule has 1 N–H and O–H groups in total. The maximum absolute atomic E-state index is 12.6. The van der Waals surface area contributed by atoms with Crippen molar-refractivity contribution in [1.29, 1.82) is 0 Å². The number of nitrogens with zero attached hydrogens (tertiary/aromatic N) is 1. The molecule has 30 heavy (non-hydrogen) atoms. The van der Waals surface area contributed by atoms with E-state index in [0.29, 0.717) is 11.5 Å². The lowest BCUT2D eigenvalue weighted by Gasteiger charge is -2.33. The first-order chi connectivity index (χ1) is 14.6. The van der Waals surface area contributed by atoms with E-state index in [0.717, 1.165) is 43.6 Å². The number of rotatable bonds is 9. The molecule has 1 aromatic carbocycles. The van der Waals surface area contributed by atoms with Gasteiger partial charge in [-0.15, -0.1) is 11.3 Å². The fraction of sp³-hybridized carbons (Fsp3) is 0.478. The summed E-state index contributed by atoms with van der Waals surface area (Å²) in [5.41, 5.74) is 0. The van der Waals surface area contributed by atoms with Gasteiger partial charge >= 0.3 is 0 Å². The Morgan fingerprint density at radius 1 is 1.13 bits per heavy atom. The quantitative estimate of drug-likeness (QED) is 0.650. The SMILES string of the molecule is CCCOc1ccc(O[C@@H]2CCCC[C@H]2NC(=O)CN(C)C(=O)c2cccs2)cc1. The molecule has 1 heterocycles. The summed E-state index contributed by atoms with van der Waals surface area (Å²) in [5, 5.41) is 4.94. The first-order valence-electron chi connectivity index (χ1n) is 10.5. The highest BCUT2D eigenvalue weighted by atomic mass is 32.1. The molecule has 0 saturated heterocycles. The van der Waals surface area contributed by atoms with Gasteiger partial charge in [-0.1, -0.05) is 19.4 Å². The maximum Gasteiger partial charge on any atom is 0.264 e. The highest BCUT2D eigenvalue weighted by Crippen LogP contribution is 2.25. The number of amides is 2. The van der Waals surface area contributed by atoms with Crippen molar-refractivity contribution in [3.63, 3.8) is 0 Å². The van der Waals surface area contributed by atoms with Crippen LogP contribution >= 0.6 is 11.3 Å². The molecule has 2 atom stereocenters. The number of nitrogens with one attached hydrogen (secondary N) is 1. The highest BCUT2D eigenvalue weighted by molar-refractivity contribution is 7.12. The molecule has 1 aromatic heterocycles. The fourth-order valence-electron chi connectivity index (χ4n) is 3.54. The van der Waals surface area contributed by atoms with Crippen molar-refractivity contribution in [1.82, 2.24) is 10.2 Å². The molecule has 1 aliphatic rings. The summed E-state index contributed by atoms with van der Waals surface area (Å²) >= 11 is 1.38. The Morgan fingerprint density at radius 3 is 2.57 bits per heavy atom. The van der Waals surface area contributed by atoms with Gasteiger partial charge in [-0.2, -0.15) is 0 Å². The summed E-state index contributed by atoms with van der Waals surface area (Å²) < 4.78 is 11.8. The van der Waals surface area contributed by atoms with E-state index in [-0.39, 0.29) is 30.5 Å². The van der Waals surface area contributed by atoms with Gasteiger partial charge in [0.2, 0.25) is 5.91 Å². The number of hydrogen-bond acceptors (Lipinski definition) is 5. The van der Waals surface area contributed by atoms with Crippen LogP contribution in [-0.2, 0) is 4.79 Å². The van der Waals surface area contributed by atoms with Crippen LogP contribution in [-0.4, -0.2) is 49.1 Å². The average Bonchev–Trinajstić information content (AvgIpc) is 3.29. The second kappa shape index (κ2) is 11.0. The predicted molar refractivity (Wildman–Crippen MR) is 118 cm³/mol. The number of carbonyl (C=O) groups excluding carboxylic acids is 2. The van der Waals surface area contributed by atoms with Crippen molar-refractivity contribution < 1.29 is 19.1 Å². The lowest BCUT2D eigenvalue weighted by molar-refractivity contribution is -0.123. The number of likely N-dealkylation sites (N-methyl/N-ethyl adjacent to an activating group) is 1. The largest absolute Gasteiger partial charge is 0.494 e. The van der Waals surface area contributed by atoms with Crippen LogP contribution < -0.4 is 14.8 Å². The minimum atomic E-state index is -0.161. The molecular weight excluding hydrogens is 400 g/mol. The van der Waals surface area contributed by atoms with Gasteiger partial charge in [0.05, 0.1) is 24.1 Å². The molecule has 0 bridgehead atoms. The van der Waals surface area contributed by atoms with E-state index in [1.54, 1.807) is 13.1 Å². The third-order valence-corrected chi connectivity index (χ3v) is 5.95. The third kappa shape index (κ3) is 6.23. The van der Waals surface area contributed by atoms with Crippen molar-refractivity contribution in [2.75, 3.05) is 20.2 Å². The minimum Gasteiger partial charge on any atom is -0.494 e. The molecule has 0 aliphatic heterocycles. The number of carbonyl (C=O) groups is 2. The van der Waals surface area contributed by atoms with Crippen LogP contribution in [0, 0.1) is 0 Å². The van der Waals surface area contributed by atoms with E-state index >= 15 is 0 Å². The first-order valence-corrected chi connectivity index (χ1v) is 11.4. The molecule has 3 rings (SSSR count). The number of hydrogen-bond donors (Lipinski definition) is 1. The monoisotopic (exact) mass is 430 g/mol. The average molecular weight is 431 g/mol. The number of thiophene rings is 1. The van der Waals surface area contributed by atoms with Gasteiger partial charge in [-0.05, 0) is 61.4 Å². The van der Waals surface area contributed by atoms with E-state index in [2.05, 4.69) is 12.2 Å². The van der Waals surface area contributed by atoms with Crippen molar-refractivity contribution in [2.24, 2.45) is 0 Å². The van der Waals surface area contributed by atoms with E-state index in [1.165, 1.54) is 16.2 Å². The van der Waals surface area contributed by atoms with E-state index < -0.39 is 0 Å². The molecule has 2 amide bonds. The second-order valence-electron chi connectivity index (χ2n) is 7.57. The van der Waals surface area contributed by atoms with Crippen molar-refractivity contribution in [3.05, 3.63) is 46.7 Å². The first kappa shape index (κ1) is 22.2. The zero-order chi connectivity index (χ0) is 21.3. The van der Waals surface area contributed by atoms with Gasteiger partial charge < -0.3 is 19.7 Å². The molecule has 0 unspecified atom stereocenters. The van der Waals surface area contributed by atoms with Crippen LogP contribution in [0.25, 0.3) is 0 Å². The Morgan fingerprint density at radius 2 is 1.87 bits per heavy atom. The summed E-state index contributed by atoms with van der Waals surface area (Å²) in [7, 11) is 1.65. The molecule has 162 valence electrons.